The molecule has 0 aliphatic heterocycles. The molecule has 2 aromatic rings. The van der Waals surface area contributed by atoms with Crippen LogP contribution >= 0.6 is 0 Å². The Morgan fingerprint density at radius 1 is 1.07 bits per heavy atom. The molecule has 0 amide bonds. The Hall–Kier alpha value is -2.09. The van der Waals surface area contributed by atoms with Gasteiger partial charge in [-0.25, -0.2) is 0 Å². The number of hydrogen-bond donors (Lipinski definition) is 1. The summed E-state index contributed by atoms with van der Waals surface area (Å²) in [5, 5.41) is 0. The molecule has 0 spiro atoms. The molecular weight excluding hydrogens is 184 g/mol. The summed E-state index contributed by atoms with van der Waals surface area (Å²) in [6, 6.07) is 11.7. The number of pyridine rings is 1. The zero-order valence-electron chi connectivity index (χ0n) is 8.35. The first-order chi connectivity index (χ1) is 7.29. The molecule has 1 aromatic carbocycles. The Kier molecular flexibility index (Phi) is 2.50. The van der Waals surface area contributed by atoms with E-state index in [1.165, 1.54) is 0 Å². The molecule has 0 fully saturated rings. The summed E-state index contributed by atoms with van der Waals surface area (Å²) in [7, 11) is 0. The van der Waals surface area contributed by atoms with E-state index >= 15 is 0 Å². The van der Waals surface area contributed by atoms with Gasteiger partial charge in [0, 0.05) is 11.9 Å². The van der Waals surface area contributed by atoms with Crippen LogP contribution in [0.3, 0.4) is 0 Å². The van der Waals surface area contributed by atoms with Gasteiger partial charge in [-0.2, -0.15) is 0 Å². The second-order valence-corrected chi connectivity index (χ2v) is 3.30. The first kappa shape index (κ1) is 9.46. The largest absolute Gasteiger partial charge is 0.399 e. The quantitative estimate of drug-likeness (QED) is 0.750. The van der Waals surface area contributed by atoms with Gasteiger partial charge in [-0.1, -0.05) is 18.7 Å². The Labute approximate surface area is 89.1 Å². The van der Waals surface area contributed by atoms with E-state index in [4.69, 9.17) is 5.73 Å². The van der Waals surface area contributed by atoms with Crippen molar-refractivity contribution in [3.8, 4) is 11.1 Å². The fourth-order valence-electron chi connectivity index (χ4n) is 1.42. The Morgan fingerprint density at radius 3 is 2.47 bits per heavy atom. The van der Waals surface area contributed by atoms with Gasteiger partial charge in [0.1, 0.15) is 0 Å². The summed E-state index contributed by atoms with van der Waals surface area (Å²) >= 11 is 0. The average molecular weight is 196 g/mol. The van der Waals surface area contributed by atoms with Gasteiger partial charge in [0.05, 0.1) is 5.69 Å². The fourth-order valence-corrected chi connectivity index (χ4v) is 1.42. The fraction of sp³-hybridized carbons (Fsp3) is 0. The zero-order chi connectivity index (χ0) is 10.7. The molecule has 0 aliphatic rings. The number of aromatic nitrogens is 1. The van der Waals surface area contributed by atoms with Crippen molar-refractivity contribution in [1.82, 2.24) is 4.98 Å². The number of nitrogen functional groups attached to an aromatic ring is 1. The van der Waals surface area contributed by atoms with Crippen molar-refractivity contribution < 1.29 is 0 Å². The topological polar surface area (TPSA) is 38.9 Å². The van der Waals surface area contributed by atoms with E-state index in [-0.39, 0.29) is 0 Å². The molecule has 2 rings (SSSR count). The van der Waals surface area contributed by atoms with Gasteiger partial charge < -0.3 is 5.73 Å². The van der Waals surface area contributed by atoms with Crippen LogP contribution in [0.5, 0.6) is 0 Å². The van der Waals surface area contributed by atoms with Crippen LogP contribution in [0.1, 0.15) is 5.69 Å². The van der Waals surface area contributed by atoms with Crippen molar-refractivity contribution in [3.63, 3.8) is 0 Å². The lowest BCUT2D eigenvalue weighted by Crippen LogP contribution is -1.85. The third kappa shape index (κ3) is 2.05. The van der Waals surface area contributed by atoms with Crippen LogP contribution in [0, 0.1) is 0 Å². The molecule has 15 heavy (non-hydrogen) atoms. The van der Waals surface area contributed by atoms with Gasteiger partial charge in [-0.3, -0.25) is 4.98 Å². The van der Waals surface area contributed by atoms with Crippen LogP contribution in [0.2, 0.25) is 0 Å². The highest BCUT2D eigenvalue weighted by molar-refractivity contribution is 5.67. The van der Waals surface area contributed by atoms with Gasteiger partial charge in [0.2, 0.25) is 0 Å². The van der Waals surface area contributed by atoms with E-state index < -0.39 is 0 Å². The maximum Gasteiger partial charge on any atom is 0.0629 e. The van der Waals surface area contributed by atoms with E-state index in [9.17, 15) is 0 Å². The number of nitrogens with two attached hydrogens (primary N) is 1. The van der Waals surface area contributed by atoms with Crippen molar-refractivity contribution in [1.29, 1.82) is 0 Å². The second-order valence-electron chi connectivity index (χ2n) is 3.30. The van der Waals surface area contributed by atoms with Gasteiger partial charge in [-0.05, 0) is 41.5 Å². The summed E-state index contributed by atoms with van der Waals surface area (Å²) in [5.41, 5.74) is 9.54. The summed E-state index contributed by atoms with van der Waals surface area (Å²) in [4.78, 5) is 4.16. The van der Waals surface area contributed by atoms with Gasteiger partial charge in [0.15, 0.2) is 0 Å². The molecule has 0 aliphatic carbocycles. The number of rotatable bonds is 2. The Morgan fingerprint density at radius 2 is 1.80 bits per heavy atom. The van der Waals surface area contributed by atoms with Gasteiger partial charge >= 0.3 is 0 Å². The van der Waals surface area contributed by atoms with Crippen LogP contribution in [0.4, 0.5) is 5.69 Å². The monoisotopic (exact) mass is 196 g/mol. The normalized spacial score (nSPS) is 9.87. The van der Waals surface area contributed by atoms with Gasteiger partial charge in [-0.15, -0.1) is 0 Å². The first-order valence-electron chi connectivity index (χ1n) is 4.74. The van der Waals surface area contributed by atoms with Crippen LogP contribution in [0.25, 0.3) is 17.2 Å². The minimum absolute atomic E-state index is 0.775. The minimum atomic E-state index is 0.775. The Bertz CT molecular complexity index is 472. The molecule has 2 nitrogen and oxygen atoms in total. The molecule has 1 aromatic heterocycles. The van der Waals surface area contributed by atoms with E-state index in [0.29, 0.717) is 0 Å². The number of anilines is 1. The molecular formula is C13H12N2. The highest BCUT2D eigenvalue weighted by atomic mass is 14.7. The van der Waals surface area contributed by atoms with Crippen molar-refractivity contribution in [2.75, 3.05) is 5.73 Å². The molecule has 2 heteroatoms. The van der Waals surface area contributed by atoms with Crippen LogP contribution in [-0.2, 0) is 0 Å². The third-order valence-electron chi connectivity index (χ3n) is 2.23. The van der Waals surface area contributed by atoms with Gasteiger partial charge in [0.25, 0.3) is 0 Å². The van der Waals surface area contributed by atoms with E-state index in [2.05, 4.69) is 11.6 Å². The highest BCUT2D eigenvalue weighted by Crippen LogP contribution is 2.20. The van der Waals surface area contributed by atoms with Crippen molar-refractivity contribution in [2.45, 2.75) is 0 Å². The van der Waals surface area contributed by atoms with Crippen LogP contribution in [-0.4, -0.2) is 4.98 Å². The van der Waals surface area contributed by atoms with Crippen LogP contribution in [0.15, 0.2) is 49.2 Å². The number of benzene rings is 1. The lowest BCUT2D eigenvalue weighted by molar-refractivity contribution is 1.30. The molecule has 2 N–H and O–H groups in total. The predicted octanol–water partition coefficient (Wildman–Crippen LogP) is 2.97. The summed E-state index contributed by atoms with van der Waals surface area (Å²) in [6.45, 7) is 3.70. The van der Waals surface area contributed by atoms with Crippen LogP contribution < -0.4 is 5.73 Å². The van der Waals surface area contributed by atoms with Crippen molar-refractivity contribution in [3.05, 3.63) is 54.9 Å². The molecule has 0 unspecified atom stereocenters. The SMILES string of the molecule is C=Cc1cc(-c2ccc(N)cc2)ccn1. The lowest BCUT2D eigenvalue weighted by atomic mass is 10.1. The average Bonchev–Trinajstić information content (AvgIpc) is 2.30. The maximum atomic E-state index is 5.63. The summed E-state index contributed by atoms with van der Waals surface area (Å²) < 4.78 is 0. The zero-order valence-corrected chi connectivity index (χ0v) is 8.35. The first-order valence-corrected chi connectivity index (χ1v) is 4.74. The third-order valence-corrected chi connectivity index (χ3v) is 2.23. The van der Waals surface area contributed by atoms with Crippen molar-refractivity contribution >= 4 is 11.8 Å². The summed E-state index contributed by atoms with van der Waals surface area (Å²) in [5.74, 6) is 0. The number of hydrogen-bond acceptors (Lipinski definition) is 2. The lowest BCUT2D eigenvalue weighted by Gasteiger charge is -2.02. The van der Waals surface area contributed by atoms with E-state index in [1.54, 1.807) is 12.3 Å². The molecule has 0 saturated heterocycles. The molecule has 0 saturated carbocycles. The Balaban J connectivity index is 2.44. The summed E-state index contributed by atoms with van der Waals surface area (Å²) in [6.07, 6.45) is 3.52. The molecule has 0 radical (unpaired) electrons. The molecule has 0 bridgehead atoms. The standard InChI is InChI=1S/C13H12N2/c1-2-13-9-11(7-8-15-13)10-3-5-12(14)6-4-10/h2-9H,1,14H2. The smallest absolute Gasteiger partial charge is 0.0629 e. The molecule has 0 atom stereocenters. The number of nitrogens with zero attached hydrogens (tertiary/aromatic N) is 1. The van der Waals surface area contributed by atoms with E-state index in [1.807, 2.05) is 36.4 Å². The molecule has 1 heterocycles. The predicted molar refractivity (Wildman–Crippen MR) is 64.2 cm³/mol. The molecule has 74 valence electrons. The maximum absolute atomic E-state index is 5.63. The van der Waals surface area contributed by atoms with Crippen molar-refractivity contribution in [2.24, 2.45) is 0 Å². The minimum Gasteiger partial charge on any atom is -0.399 e. The van der Waals surface area contributed by atoms with E-state index in [0.717, 1.165) is 22.5 Å². The highest BCUT2D eigenvalue weighted by Gasteiger charge is 1.97. The second kappa shape index (κ2) is 3.96.